The maximum absolute atomic E-state index is 13.8. The van der Waals surface area contributed by atoms with Crippen molar-refractivity contribution < 1.29 is 33.3 Å². The predicted octanol–water partition coefficient (Wildman–Crippen LogP) is 2.99. The number of nitrogen functional groups attached to an aromatic ring is 1. The van der Waals surface area contributed by atoms with Gasteiger partial charge in [-0.05, 0) is 30.5 Å². The summed E-state index contributed by atoms with van der Waals surface area (Å²) in [5, 5.41) is 31.8. The number of aromatic carboxylic acids is 1. The average Bonchev–Trinajstić information content (AvgIpc) is 3.13. The molecule has 9 nitrogen and oxygen atoms in total. The Kier molecular flexibility index (Phi) is 6.51. The predicted molar refractivity (Wildman–Crippen MR) is 120 cm³/mol. The number of nitrogens with two attached hydrogens (primary N) is 1. The van der Waals surface area contributed by atoms with Crippen LogP contribution in [-0.4, -0.2) is 56.9 Å². The van der Waals surface area contributed by atoms with Gasteiger partial charge in [0.25, 0.3) is 0 Å². The molecule has 1 saturated heterocycles. The number of aliphatic hydroxyl groups is 1. The zero-order valence-electron chi connectivity index (χ0n) is 17.7. The van der Waals surface area contributed by atoms with Crippen LogP contribution in [0.2, 0.25) is 0 Å². The van der Waals surface area contributed by atoms with Crippen molar-refractivity contribution in [3.05, 3.63) is 40.4 Å². The fraction of sp³-hybridized carbons (Fsp3) is 0.381. The molecule has 0 amide bonds. The number of nitrogens with zero attached hydrogens (tertiary/aromatic N) is 3. The molecule has 1 aliphatic heterocycles. The molecular formula is C21H22F3N5O4S. The number of carboxylic acid groups (broad SMARTS) is 1. The Morgan fingerprint density at radius 2 is 2.03 bits per heavy atom. The highest BCUT2D eigenvalue weighted by atomic mass is 32.1. The maximum atomic E-state index is 13.8. The normalized spacial score (nSPS) is 16.2. The van der Waals surface area contributed by atoms with E-state index >= 15 is 0 Å². The van der Waals surface area contributed by atoms with E-state index in [2.05, 4.69) is 15.3 Å². The van der Waals surface area contributed by atoms with Crippen LogP contribution in [0.1, 0.15) is 39.7 Å². The first kappa shape index (κ1) is 24.0. The quantitative estimate of drug-likeness (QED) is 0.347. The summed E-state index contributed by atoms with van der Waals surface area (Å²) >= 11 is 0.627. The zero-order chi connectivity index (χ0) is 24.6. The van der Waals surface area contributed by atoms with Crippen molar-refractivity contribution in [3.63, 3.8) is 0 Å². The number of hydrogen-bond donors (Lipinski definition) is 5. The summed E-state index contributed by atoms with van der Waals surface area (Å²) in [6.07, 6.45) is -2.98. The number of nitrogens with one attached hydrogen (secondary N) is 1. The van der Waals surface area contributed by atoms with Gasteiger partial charge in [-0.2, -0.15) is 13.2 Å². The van der Waals surface area contributed by atoms with Crippen LogP contribution >= 0.6 is 11.3 Å². The molecule has 4 heterocycles. The monoisotopic (exact) mass is 497 g/mol. The number of hydrogen-bond acceptors (Lipinski definition) is 9. The van der Waals surface area contributed by atoms with Gasteiger partial charge < -0.3 is 31.3 Å². The number of thiophene rings is 1. The molecule has 1 atom stereocenters. The first-order valence-electron chi connectivity index (χ1n) is 10.4. The van der Waals surface area contributed by atoms with Gasteiger partial charge >= 0.3 is 12.1 Å². The first-order valence-corrected chi connectivity index (χ1v) is 11.2. The lowest BCUT2D eigenvalue weighted by Gasteiger charge is -2.34. The van der Waals surface area contributed by atoms with Gasteiger partial charge in [-0.15, -0.1) is 11.3 Å². The van der Waals surface area contributed by atoms with Crippen LogP contribution in [0.15, 0.2) is 24.4 Å². The summed E-state index contributed by atoms with van der Waals surface area (Å²) in [5.74, 6) is -1.47. The fourth-order valence-electron chi connectivity index (χ4n) is 4.00. The average molecular weight is 497 g/mol. The van der Waals surface area contributed by atoms with Gasteiger partial charge in [0.2, 0.25) is 5.88 Å². The molecular weight excluding hydrogens is 475 g/mol. The third-order valence-corrected chi connectivity index (χ3v) is 6.85. The third kappa shape index (κ3) is 4.86. The Hall–Kier alpha value is -3.16. The number of carboxylic acids is 1. The van der Waals surface area contributed by atoms with Crippen molar-refractivity contribution in [2.24, 2.45) is 0 Å². The third-order valence-electron chi connectivity index (χ3n) is 5.76. The van der Waals surface area contributed by atoms with Gasteiger partial charge in [0.15, 0.2) is 0 Å². The number of piperidine rings is 1. The van der Waals surface area contributed by atoms with E-state index in [1.165, 1.54) is 12.3 Å². The van der Waals surface area contributed by atoms with Gasteiger partial charge in [-0.3, -0.25) is 0 Å². The van der Waals surface area contributed by atoms with Crippen molar-refractivity contribution in [1.82, 2.24) is 15.3 Å². The molecule has 6 N–H and O–H groups in total. The Morgan fingerprint density at radius 1 is 1.32 bits per heavy atom. The minimum Gasteiger partial charge on any atom is -0.493 e. The van der Waals surface area contributed by atoms with E-state index in [1.54, 1.807) is 11.0 Å². The van der Waals surface area contributed by atoms with E-state index < -0.39 is 29.5 Å². The molecule has 0 radical (unpaired) electrons. The number of aliphatic hydroxyl groups excluding tert-OH is 1. The zero-order valence-corrected chi connectivity index (χ0v) is 18.5. The molecule has 182 valence electrons. The SMILES string of the molecule is Nc1c(C(=O)O)sc2nc(N3CCC(NCC(O)c4ccnc(O)c4)CC3)cc(C(F)(F)F)c12. The van der Waals surface area contributed by atoms with Crippen molar-refractivity contribution in [3.8, 4) is 5.88 Å². The molecule has 3 aromatic heterocycles. The topological polar surface area (TPSA) is 145 Å². The lowest BCUT2D eigenvalue weighted by Crippen LogP contribution is -2.44. The van der Waals surface area contributed by atoms with Crippen LogP contribution < -0.4 is 16.0 Å². The lowest BCUT2D eigenvalue weighted by atomic mass is 10.0. The number of carbonyl (C=O) groups is 1. The van der Waals surface area contributed by atoms with E-state index in [4.69, 9.17) is 5.73 Å². The van der Waals surface area contributed by atoms with Gasteiger partial charge in [0, 0.05) is 43.3 Å². The van der Waals surface area contributed by atoms with E-state index in [-0.39, 0.29) is 39.4 Å². The summed E-state index contributed by atoms with van der Waals surface area (Å²) in [4.78, 5) is 20.6. The summed E-state index contributed by atoms with van der Waals surface area (Å²) < 4.78 is 41.3. The Bertz CT molecular complexity index is 1210. The number of fused-ring (bicyclic) bond motifs is 1. The lowest BCUT2D eigenvalue weighted by molar-refractivity contribution is -0.136. The molecule has 0 spiro atoms. The van der Waals surface area contributed by atoms with E-state index in [0.717, 1.165) is 6.07 Å². The second-order valence-electron chi connectivity index (χ2n) is 7.99. The fourth-order valence-corrected chi connectivity index (χ4v) is 4.96. The molecule has 4 rings (SSSR count). The van der Waals surface area contributed by atoms with Crippen molar-refractivity contribution in [1.29, 1.82) is 0 Å². The van der Waals surface area contributed by atoms with Gasteiger partial charge in [-0.25, -0.2) is 14.8 Å². The molecule has 34 heavy (non-hydrogen) atoms. The number of alkyl halides is 3. The van der Waals surface area contributed by atoms with E-state index in [0.29, 0.717) is 42.8 Å². The molecule has 3 aromatic rings. The highest BCUT2D eigenvalue weighted by Gasteiger charge is 2.37. The molecule has 1 fully saturated rings. The largest absolute Gasteiger partial charge is 0.493 e. The Labute approximate surface area is 195 Å². The molecule has 1 aliphatic rings. The number of aromatic nitrogens is 2. The smallest absolute Gasteiger partial charge is 0.417 e. The first-order chi connectivity index (χ1) is 16.0. The summed E-state index contributed by atoms with van der Waals surface area (Å²) in [7, 11) is 0. The maximum Gasteiger partial charge on any atom is 0.417 e. The van der Waals surface area contributed by atoms with Gasteiger partial charge in [0.05, 0.1) is 17.4 Å². The molecule has 0 saturated carbocycles. The number of anilines is 2. The molecule has 0 aromatic carbocycles. The number of halogens is 3. The minimum absolute atomic E-state index is 0.0307. The number of aromatic hydroxyl groups is 1. The molecule has 0 aliphatic carbocycles. The van der Waals surface area contributed by atoms with E-state index in [1.807, 2.05) is 0 Å². The van der Waals surface area contributed by atoms with E-state index in [9.17, 15) is 33.3 Å². The molecule has 1 unspecified atom stereocenters. The number of rotatable bonds is 6. The summed E-state index contributed by atoms with van der Waals surface area (Å²) in [6, 6.07) is 3.93. The standard InChI is InChI=1S/C21H22F3N5O4S/c22-21(23,24)12-8-14(28-19-16(12)17(25)18(34-19)20(32)33)29-5-2-11(3-6-29)27-9-13(30)10-1-4-26-15(31)7-10/h1,4,7-8,11,13,27,30H,2-3,5-6,9,25H2,(H,26,31)(H,32,33). The van der Waals surface area contributed by atoms with Gasteiger partial charge in [-0.1, -0.05) is 0 Å². The van der Waals surface area contributed by atoms with Crippen LogP contribution in [0, 0.1) is 0 Å². The van der Waals surface area contributed by atoms with Gasteiger partial charge in [0.1, 0.15) is 15.5 Å². The highest BCUT2D eigenvalue weighted by Crippen LogP contribution is 2.43. The van der Waals surface area contributed by atoms with Crippen LogP contribution in [0.4, 0.5) is 24.7 Å². The van der Waals surface area contributed by atoms with Crippen LogP contribution in [-0.2, 0) is 6.18 Å². The van der Waals surface area contributed by atoms with Crippen molar-refractivity contribution in [2.45, 2.75) is 31.2 Å². The van der Waals surface area contributed by atoms with Crippen molar-refractivity contribution >= 4 is 39.0 Å². The number of pyridine rings is 2. The summed E-state index contributed by atoms with van der Waals surface area (Å²) in [6.45, 7) is 1.08. The van der Waals surface area contributed by atoms with Crippen LogP contribution in [0.3, 0.4) is 0 Å². The molecule has 13 heteroatoms. The Balaban J connectivity index is 1.47. The minimum atomic E-state index is -4.72. The van der Waals surface area contributed by atoms with Crippen LogP contribution in [0.5, 0.6) is 5.88 Å². The van der Waals surface area contributed by atoms with Crippen molar-refractivity contribution in [2.75, 3.05) is 30.3 Å². The summed E-state index contributed by atoms with van der Waals surface area (Å²) in [5.41, 5.74) is 4.81. The molecule has 0 bridgehead atoms. The van der Waals surface area contributed by atoms with Crippen LogP contribution in [0.25, 0.3) is 10.2 Å². The Morgan fingerprint density at radius 3 is 2.65 bits per heavy atom. The second-order valence-corrected chi connectivity index (χ2v) is 8.99. The second kappa shape index (κ2) is 9.24. The highest BCUT2D eigenvalue weighted by molar-refractivity contribution is 7.21.